The SMILES string of the molecule is CCCNCc1c(S(=O)(=O)N2CC=CCC2)n[nH]c1C. The quantitative estimate of drug-likeness (QED) is 0.610. The molecule has 0 amide bonds. The number of nitrogens with zero attached hydrogens (tertiary/aromatic N) is 2. The van der Waals surface area contributed by atoms with Crippen LogP contribution in [0.1, 0.15) is 31.0 Å². The van der Waals surface area contributed by atoms with Gasteiger partial charge in [0.05, 0.1) is 0 Å². The summed E-state index contributed by atoms with van der Waals surface area (Å²) in [5.41, 5.74) is 1.55. The fourth-order valence-corrected chi connectivity index (χ4v) is 3.77. The molecule has 1 aromatic heterocycles. The number of hydrogen-bond acceptors (Lipinski definition) is 4. The molecule has 2 N–H and O–H groups in total. The topological polar surface area (TPSA) is 78.1 Å². The molecule has 1 aromatic rings. The van der Waals surface area contributed by atoms with Crippen LogP contribution in [-0.4, -0.2) is 42.6 Å². The zero-order valence-corrected chi connectivity index (χ0v) is 12.8. The predicted molar refractivity (Wildman–Crippen MR) is 77.8 cm³/mol. The van der Waals surface area contributed by atoms with Crippen molar-refractivity contribution in [2.45, 2.75) is 38.3 Å². The minimum absolute atomic E-state index is 0.161. The van der Waals surface area contributed by atoms with E-state index in [-0.39, 0.29) is 5.03 Å². The molecule has 2 rings (SSSR count). The molecule has 1 aliphatic heterocycles. The molecule has 0 atom stereocenters. The van der Waals surface area contributed by atoms with Gasteiger partial charge in [-0.3, -0.25) is 5.10 Å². The van der Waals surface area contributed by atoms with E-state index < -0.39 is 10.0 Å². The van der Waals surface area contributed by atoms with Crippen molar-refractivity contribution < 1.29 is 8.42 Å². The maximum atomic E-state index is 12.6. The van der Waals surface area contributed by atoms with Crippen molar-refractivity contribution in [1.29, 1.82) is 0 Å². The van der Waals surface area contributed by atoms with Gasteiger partial charge >= 0.3 is 0 Å². The third-order valence-electron chi connectivity index (χ3n) is 3.37. The highest BCUT2D eigenvalue weighted by Gasteiger charge is 2.30. The van der Waals surface area contributed by atoms with Gasteiger partial charge < -0.3 is 5.32 Å². The summed E-state index contributed by atoms with van der Waals surface area (Å²) in [7, 11) is -3.51. The highest BCUT2D eigenvalue weighted by atomic mass is 32.2. The van der Waals surface area contributed by atoms with Crippen molar-refractivity contribution in [3.05, 3.63) is 23.4 Å². The number of sulfonamides is 1. The summed E-state index contributed by atoms with van der Waals surface area (Å²) in [5.74, 6) is 0. The molecule has 0 aliphatic carbocycles. The summed E-state index contributed by atoms with van der Waals surface area (Å²) >= 11 is 0. The molecule has 6 nitrogen and oxygen atoms in total. The average molecular weight is 298 g/mol. The number of nitrogens with one attached hydrogen (secondary N) is 2. The zero-order valence-electron chi connectivity index (χ0n) is 12.0. The van der Waals surface area contributed by atoms with Crippen LogP contribution in [0.5, 0.6) is 0 Å². The lowest BCUT2D eigenvalue weighted by Gasteiger charge is -2.22. The summed E-state index contributed by atoms with van der Waals surface area (Å²) in [6.45, 7) is 6.26. The fourth-order valence-electron chi connectivity index (χ4n) is 2.20. The van der Waals surface area contributed by atoms with E-state index in [4.69, 9.17) is 0 Å². The van der Waals surface area contributed by atoms with E-state index >= 15 is 0 Å². The van der Waals surface area contributed by atoms with Gasteiger partial charge in [0.25, 0.3) is 10.0 Å². The first kappa shape index (κ1) is 15.2. The molecule has 0 radical (unpaired) electrons. The van der Waals surface area contributed by atoms with Crippen LogP contribution in [0.3, 0.4) is 0 Å². The summed E-state index contributed by atoms with van der Waals surface area (Å²) in [6.07, 6.45) is 5.66. The lowest BCUT2D eigenvalue weighted by molar-refractivity contribution is 0.434. The second-order valence-corrected chi connectivity index (χ2v) is 6.79. The van der Waals surface area contributed by atoms with Crippen LogP contribution in [0.15, 0.2) is 17.2 Å². The molecule has 0 saturated carbocycles. The Hall–Kier alpha value is -1.18. The molecule has 2 heterocycles. The van der Waals surface area contributed by atoms with Crippen molar-refractivity contribution in [2.24, 2.45) is 0 Å². The van der Waals surface area contributed by atoms with Crippen LogP contribution in [0.2, 0.25) is 0 Å². The van der Waals surface area contributed by atoms with Crippen LogP contribution in [0.25, 0.3) is 0 Å². The van der Waals surface area contributed by atoms with Crippen LogP contribution < -0.4 is 5.32 Å². The first-order valence-electron chi connectivity index (χ1n) is 6.97. The molecule has 1 aliphatic rings. The predicted octanol–water partition coefficient (Wildman–Crippen LogP) is 1.17. The Bertz CT molecular complexity index is 577. The van der Waals surface area contributed by atoms with Crippen LogP contribution in [-0.2, 0) is 16.6 Å². The Kier molecular flexibility index (Phi) is 4.95. The first-order valence-corrected chi connectivity index (χ1v) is 8.41. The number of hydrogen-bond donors (Lipinski definition) is 2. The molecule has 0 fully saturated rings. The highest BCUT2D eigenvalue weighted by molar-refractivity contribution is 7.89. The molecule has 7 heteroatoms. The molecule has 0 aromatic carbocycles. The van der Waals surface area contributed by atoms with Crippen molar-refractivity contribution in [3.63, 3.8) is 0 Å². The third kappa shape index (κ3) is 3.11. The first-order chi connectivity index (χ1) is 9.57. The van der Waals surface area contributed by atoms with Crippen molar-refractivity contribution in [3.8, 4) is 0 Å². The minimum Gasteiger partial charge on any atom is -0.313 e. The molecule has 0 bridgehead atoms. The van der Waals surface area contributed by atoms with Gasteiger partial charge in [-0.25, -0.2) is 8.42 Å². The monoisotopic (exact) mass is 298 g/mol. The van der Waals surface area contributed by atoms with Crippen molar-refractivity contribution in [2.75, 3.05) is 19.6 Å². The summed E-state index contributed by atoms with van der Waals surface area (Å²) in [4.78, 5) is 0. The van der Waals surface area contributed by atoms with Gasteiger partial charge in [0.15, 0.2) is 5.03 Å². The maximum absolute atomic E-state index is 12.6. The minimum atomic E-state index is -3.51. The Labute approximate surface area is 120 Å². The second kappa shape index (κ2) is 6.51. The highest BCUT2D eigenvalue weighted by Crippen LogP contribution is 2.21. The Morgan fingerprint density at radius 3 is 2.90 bits per heavy atom. The maximum Gasteiger partial charge on any atom is 0.263 e. The lowest BCUT2D eigenvalue weighted by atomic mass is 10.2. The van der Waals surface area contributed by atoms with Gasteiger partial charge in [-0.2, -0.15) is 9.40 Å². The standard InChI is InChI=1S/C13H22N4O2S/c1-3-7-14-10-12-11(2)15-16-13(12)20(18,19)17-8-5-4-6-9-17/h4-5,14H,3,6-10H2,1-2H3,(H,15,16). The lowest BCUT2D eigenvalue weighted by Crippen LogP contribution is -2.34. The van der Waals surface area contributed by atoms with Gasteiger partial charge in [0.1, 0.15) is 0 Å². The molecular formula is C13H22N4O2S. The molecular weight excluding hydrogens is 276 g/mol. The smallest absolute Gasteiger partial charge is 0.263 e. The van der Waals surface area contributed by atoms with Gasteiger partial charge in [0.2, 0.25) is 0 Å². The normalized spacial score (nSPS) is 16.7. The van der Waals surface area contributed by atoms with E-state index in [1.54, 1.807) is 0 Å². The molecule has 0 spiro atoms. The summed E-state index contributed by atoms with van der Waals surface area (Å²) < 4.78 is 26.7. The van der Waals surface area contributed by atoms with Gasteiger partial charge in [-0.15, -0.1) is 0 Å². The Morgan fingerprint density at radius 2 is 2.25 bits per heavy atom. The Morgan fingerprint density at radius 1 is 1.45 bits per heavy atom. The van der Waals surface area contributed by atoms with E-state index in [1.807, 2.05) is 19.1 Å². The van der Waals surface area contributed by atoms with E-state index in [1.165, 1.54) is 4.31 Å². The number of aromatic amines is 1. The molecule has 112 valence electrons. The molecule has 20 heavy (non-hydrogen) atoms. The van der Waals surface area contributed by atoms with Crippen LogP contribution in [0.4, 0.5) is 0 Å². The number of aromatic nitrogens is 2. The number of rotatable bonds is 6. The van der Waals surface area contributed by atoms with Crippen LogP contribution >= 0.6 is 0 Å². The van der Waals surface area contributed by atoms with Gasteiger partial charge in [-0.05, 0) is 26.3 Å². The third-order valence-corrected chi connectivity index (χ3v) is 5.21. The fraction of sp³-hybridized carbons (Fsp3) is 0.615. The van der Waals surface area contributed by atoms with Gasteiger partial charge in [-0.1, -0.05) is 19.1 Å². The zero-order chi connectivity index (χ0) is 14.6. The number of aryl methyl sites for hydroxylation is 1. The van der Waals surface area contributed by atoms with E-state index in [0.29, 0.717) is 19.6 Å². The van der Waals surface area contributed by atoms with Crippen molar-refractivity contribution in [1.82, 2.24) is 19.8 Å². The van der Waals surface area contributed by atoms with E-state index in [9.17, 15) is 8.42 Å². The summed E-state index contributed by atoms with van der Waals surface area (Å²) in [6, 6.07) is 0. The molecule has 0 unspecified atom stereocenters. The largest absolute Gasteiger partial charge is 0.313 e. The summed E-state index contributed by atoms with van der Waals surface area (Å²) in [5, 5.41) is 10.2. The average Bonchev–Trinajstić information content (AvgIpc) is 2.82. The van der Waals surface area contributed by atoms with Gasteiger partial charge in [0, 0.05) is 30.9 Å². The Balaban J connectivity index is 2.25. The van der Waals surface area contributed by atoms with Crippen LogP contribution in [0, 0.1) is 6.92 Å². The van der Waals surface area contributed by atoms with E-state index in [2.05, 4.69) is 22.4 Å². The second-order valence-electron chi connectivity index (χ2n) is 4.93. The van der Waals surface area contributed by atoms with Crippen molar-refractivity contribution >= 4 is 10.0 Å². The van der Waals surface area contributed by atoms with E-state index in [0.717, 1.165) is 30.6 Å². The number of H-pyrrole nitrogens is 1. The molecule has 0 saturated heterocycles.